The SMILES string of the molecule is C[C@@H](O)[C@@H](O)C(CO)O[C@H](CO)O[C@@H]1C(CO)O[C@@H](O)C(F)[C@H]1O. The van der Waals surface area contributed by atoms with Gasteiger partial charge in [0.1, 0.15) is 30.5 Å². The molecule has 0 bridgehead atoms. The Morgan fingerprint density at radius 1 is 1.12 bits per heavy atom. The summed E-state index contributed by atoms with van der Waals surface area (Å²) in [5.41, 5.74) is 0. The summed E-state index contributed by atoms with van der Waals surface area (Å²) in [4.78, 5) is 0. The molecule has 7 N–H and O–H groups in total. The standard InChI is InChI=1S/C13H25FO10/c1-5(18)10(19)6(2-15)22-8(4-17)24-12-7(3-16)23-13(21)9(14)11(12)20/h5-13,15-21H,2-4H2,1H3/t5-,6?,7?,8+,9?,10-,11-,12-,13-/m1/s1. The molecular formula is C13H25FO10. The number of hydrogen-bond donors (Lipinski definition) is 7. The quantitative estimate of drug-likeness (QED) is 0.203. The van der Waals surface area contributed by atoms with Crippen molar-refractivity contribution in [3.05, 3.63) is 0 Å². The molecule has 0 radical (unpaired) electrons. The number of hydrogen-bond acceptors (Lipinski definition) is 10. The molecule has 1 aliphatic rings. The Bertz CT molecular complexity index is 358. The van der Waals surface area contributed by atoms with Crippen molar-refractivity contribution >= 4 is 0 Å². The van der Waals surface area contributed by atoms with E-state index in [0.29, 0.717) is 0 Å². The molecule has 1 rings (SSSR count). The van der Waals surface area contributed by atoms with E-state index >= 15 is 0 Å². The van der Waals surface area contributed by atoms with E-state index in [4.69, 9.17) is 14.2 Å². The van der Waals surface area contributed by atoms with E-state index < -0.39 is 75.2 Å². The van der Waals surface area contributed by atoms with Crippen LogP contribution < -0.4 is 0 Å². The normalized spacial score (nSPS) is 36.1. The maximum atomic E-state index is 13.6. The summed E-state index contributed by atoms with van der Waals surface area (Å²) in [7, 11) is 0. The molecule has 1 heterocycles. The van der Waals surface area contributed by atoms with Crippen LogP contribution in [-0.4, -0.2) is 111 Å². The largest absolute Gasteiger partial charge is 0.394 e. The van der Waals surface area contributed by atoms with E-state index in [0.717, 1.165) is 0 Å². The van der Waals surface area contributed by atoms with Gasteiger partial charge in [-0.2, -0.15) is 0 Å². The molecule has 10 nitrogen and oxygen atoms in total. The van der Waals surface area contributed by atoms with Crippen LogP contribution in [0.1, 0.15) is 6.92 Å². The van der Waals surface area contributed by atoms with Crippen molar-refractivity contribution in [1.82, 2.24) is 0 Å². The van der Waals surface area contributed by atoms with Gasteiger partial charge in [0.15, 0.2) is 18.8 Å². The van der Waals surface area contributed by atoms with Gasteiger partial charge in [0.2, 0.25) is 0 Å². The van der Waals surface area contributed by atoms with Gasteiger partial charge in [-0.1, -0.05) is 0 Å². The number of rotatable bonds is 9. The summed E-state index contributed by atoms with van der Waals surface area (Å²) < 4.78 is 28.7. The van der Waals surface area contributed by atoms with Crippen LogP contribution in [0.2, 0.25) is 0 Å². The van der Waals surface area contributed by atoms with Crippen LogP contribution in [0.3, 0.4) is 0 Å². The first kappa shape index (κ1) is 21.6. The van der Waals surface area contributed by atoms with Crippen LogP contribution in [0.25, 0.3) is 0 Å². The molecule has 0 aromatic rings. The summed E-state index contributed by atoms with van der Waals surface area (Å²) in [6, 6.07) is 0. The molecule has 0 aromatic heterocycles. The highest BCUT2D eigenvalue weighted by Crippen LogP contribution is 2.26. The lowest BCUT2D eigenvalue weighted by Crippen LogP contribution is -2.59. The lowest BCUT2D eigenvalue weighted by atomic mass is 10.00. The van der Waals surface area contributed by atoms with E-state index in [2.05, 4.69) is 0 Å². The van der Waals surface area contributed by atoms with E-state index in [1.54, 1.807) is 0 Å². The number of ether oxygens (including phenoxy) is 3. The van der Waals surface area contributed by atoms with Crippen molar-refractivity contribution in [1.29, 1.82) is 0 Å². The number of aliphatic hydroxyl groups excluding tert-OH is 7. The number of alkyl halides is 1. The molecule has 24 heavy (non-hydrogen) atoms. The molecule has 0 aromatic carbocycles. The third-order valence-electron chi connectivity index (χ3n) is 3.64. The molecule has 11 heteroatoms. The molecule has 0 amide bonds. The van der Waals surface area contributed by atoms with Crippen LogP contribution in [0.4, 0.5) is 4.39 Å². The second kappa shape index (κ2) is 9.87. The highest BCUT2D eigenvalue weighted by Gasteiger charge is 2.46. The van der Waals surface area contributed by atoms with Crippen molar-refractivity contribution in [3.8, 4) is 0 Å². The van der Waals surface area contributed by atoms with E-state index in [-0.39, 0.29) is 0 Å². The zero-order chi connectivity index (χ0) is 18.4. The lowest BCUT2D eigenvalue weighted by Gasteiger charge is -2.40. The first-order valence-corrected chi connectivity index (χ1v) is 7.42. The summed E-state index contributed by atoms with van der Waals surface area (Å²) >= 11 is 0. The maximum Gasteiger partial charge on any atom is 0.189 e. The Labute approximate surface area is 137 Å². The fourth-order valence-corrected chi connectivity index (χ4v) is 2.25. The van der Waals surface area contributed by atoms with E-state index in [1.165, 1.54) is 6.92 Å². The Hall–Kier alpha value is -0.470. The first-order valence-electron chi connectivity index (χ1n) is 7.42. The molecule has 1 fully saturated rings. The maximum absolute atomic E-state index is 13.6. The van der Waals surface area contributed by atoms with Crippen LogP contribution >= 0.6 is 0 Å². The molecule has 0 saturated carbocycles. The zero-order valence-corrected chi connectivity index (χ0v) is 13.1. The van der Waals surface area contributed by atoms with Crippen molar-refractivity contribution in [2.75, 3.05) is 19.8 Å². The molecule has 1 saturated heterocycles. The van der Waals surface area contributed by atoms with Gasteiger partial charge in [-0.05, 0) is 6.92 Å². The Kier molecular flexibility index (Phi) is 8.87. The minimum Gasteiger partial charge on any atom is -0.394 e. The number of halogens is 1. The van der Waals surface area contributed by atoms with Gasteiger partial charge in [0.25, 0.3) is 0 Å². The molecule has 0 spiro atoms. The molecular weight excluding hydrogens is 335 g/mol. The molecule has 9 atom stereocenters. The smallest absolute Gasteiger partial charge is 0.189 e. The Morgan fingerprint density at radius 2 is 1.75 bits per heavy atom. The molecule has 0 aliphatic carbocycles. The van der Waals surface area contributed by atoms with Gasteiger partial charge in [0.05, 0.1) is 25.9 Å². The molecule has 1 aliphatic heterocycles. The third-order valence-corrected chi connectivity index (χ3v) is 3.64. The highest BCUT2D eigenvalue weighted by molar-refractivity contribution is 4.90. The average Bonchev–Trinajstić information content (AvgIpc) is 2.57. The van der Waals surface area contributed by atoms with Crippen LogP contribution in [0.5, 0.6) is 0 Å². The van der Waals surface area contributed by atoms with E-state index in [9.17, 15) is 40.1 Å². The van der Waals surface area contributed by atoms with Gasteiger partial charge in [-0.3, -0.25) is 0 Å². The zero-order valence-electron chi connectivity index (χ0n) is 13.1. The van der Waals surface area contributed by atoms with Gasteiger partial charge >= 0.3 is 0 Å². The van der Waals surface area contributed by atoms with Crippen LogP contribution in [0, 0.1) is 0 Å². The van der Waals surface area contributed by atoms with Crippen molar-refractivity contribution in [2.45, 2.75) is 62.3 Å². The van der Waals surface area contributed by atoms with Gasteiger partial charge in [-0.15, -0.1) is 0 Å². The summed E-state index contributed by atoms with van der Waals surface area (Å²) in [6.07, 6.45) is -14.4. The van der Waals surface area contributed by atoms with Crippen LogP contribution in [-0.2, 0) is 14.2 Å². The van der Waals surface area contributed by atoms with Crippen molar-refractivity contribution < 1.29 is 54.3 Å². The average molecular weight is 360 g/mol. The Morgan fingerprint density at radius 3 is 2.21 bits per heavy atom. The third kappa shape index (κ3) is 5.26. The predicted octanol–water partition coefficient (Wildman–Crippen LogP) is -3.78. The second-order valence-corrected chi connectivity index (χ2v) is 5.48. The highest BCUT2D eigenvalue weighted by atomic mass is 19.1. The number of aliphatic hydroxyl groups is 7. The fraction of sp³-hybridized carbons (Fsp3) is 1.00. The molecule has 3 unspecified atom stereocenters. The fourth-order valence-electron chi connectivity index (χ4n) is 2.25. The van der Waals surface area contributed by atoms with Gasteiger partial charge < -0.3 is 50.0 Å². The summed E-state index contributed by atoms with van der Waals surface area (Å²) in [5, 5.41) is 65.7. The van der Waals surface area contributed by atoms with Gasteiger partial charge in [-0.25, -0.2) is 4.39 Å². The lowest BCUT2D eigenvalue weighted by molar-refractivity contribution is -0.318. The minimum absolute atomic E-state index is 0.719. The summed E-state index contributed by atoms with van der Waals surface area (Å²) in [5.74, 6) is 0. The van der Waals surface area contributed by atoms with Gasteiger partial charge in [0, 0.05) is 0 Å². The second-order valence-electron chi connectivity index (χ2n) is 5.48. The van der Waals surface area contributed by atoms with Crippen LogP contribution in [0.15, 0.2) is 0 Å². The first-order chi connectivity index (χ1) is 11.3. The summed E-state index contributed by atoms with van der Waals surface area (Å²) in [6.45, 7) is -0.988. The topological polar surface area (TPSA) is 169 Å². The van der Waals surface area contributed by atoms with Crippen molar-refractivity contribution in [2.24, 2.45) is 0 Å². The predicted molar refractivity (Wildman–Crippen MR) is 74.3 cm³/mol. The minimum atomic E-state index is -2.21. The Balaban J connectivity index is 2.77. The van der Waals surface area contributed by atoms with E-state index in [1.807, 2.05) is 0 Å². The van der Waals surface area contributed by atoms with Crippen molar-refractivity contribution in [3.63, 3.8) is 0 Å². The molecule has 144 valence electrons. The monoisotopic (exact) mass is 360 g/mol.